The van der Waals surface area contributed by atoms with Gasteiger partial charge in [0.05, 0.1) is 5.69 Å². The third-order valence-electron chi connectivity index (χ3n) is 4.51. The number of benzene rings is 2. The van der Waals surface area contributed by atoms with Crippen LogP contribution in [0.2, 0.25) is 0 Å². The summed E-state index contributed by atoms with van der Waals surface area (Å²) in [5.41, 5.74) is 2.62. The van der Waals surface area contributed by atoms with E-state index in [4.69, 9.17) is 17.2 Å². The Morgan fingerprint density at radius 3 is 2.38 bits per heavy atom. The third-order valence-corrected chi connectivity index (χ3v) is 5.98. The highest BCUT2D eigenvalue weighted by Gasteiger charge is 2.20. The maximum atomic E-state index is 13.0. The minimum atomic E-state index is -0.139. The van der Waals surface area contributed by atoms with E-state index in [0.29, 0.717) is 28.3 Å². The lowest BCUT2D eigenvalue weighted by Crippen LogP contribution is -2.26. The first-order chi connectivity index (χ1) is 14.1. The second-order valence-corrected chi connectivity index (χ2v) is 7.82. The van der Waals surface area contributed by atoms with E-state index >= 15 is 0 Å². The fourth-order valence-electron chi connectivity index (χ4n) is 2.94. The van der Waals surface area contributed by atoms with Crippen LogP contribution in [0, 0.1) is 4.77 Å². The Morgan fingerprint density at radius 1 is 1.10 bits per heavy atom. The largest absolute Gasteiger partial charge is 0.351 e. The van der Waals surface area contributed by atoms with E-state index in [0.717, 1.165) is 22.0 Å². The van der Waals surface area contributed by atoms with Gasteiger partial charge in [-0.15, -0.1) is 11.3 Å². The average Bonchev–Trinajstić information content (AvgIpc) is 3.34. The molecule has 0 unspecified atom stereocenters. The molecule has 0 spiro atoms. The lowest BCUT2D eigenvalue weighted by atomic mass is 10.1. The lowest BCUT2D eigenvalue weighted by molar-refractivity contribution is 0.0958. The van der Waals surface area contributed by atoms with Crippen molar-refractivity contribution < 1.29 is 4.79 Å². The molecule has 0 saturated heterocycles. The predicted molar refractivity (Wildman–Crippen MR) is 117 cm³/mol. The Hall–Kier alpha value is -3.10. The van der Waals surface area contributed by atoms with Gasteiger partial charge in [-0.25, -0.2) is 4.98 Å². The number of rotatable bonds is 6. The zero-order chi connectivity index (χ0) is 20.2. The summed E-state index contributed by atoms with van der Waals surface area (Å²) >= 11 is 6.53. The first-order valence-corrected chi connectivity index (χ1v) is 10.4. The van der Waals surface area contributed by atoms with E-state index in [2.05, 4.69) is 15.5 Å². The summed E-state index contributed by atoms with van der Waals surface area (Å²) in [5, 5.41) is 10.7. The van der Waals surface area contributed by atoms with E-state index in [1.807, 2.05) is 67.7 Å². The van der Waals surface area contributed by atoms with Crippen LogP contribution in [0.25, 0.3) is 21.8 Å². The van der Waals surface area contributed by atoms with Gasteiger partial charge in [0.1, 0.15) is 15.7 Å². The van der Waals surface area contributed by atoms with Gasteiger partial charge in [0.15, 0.2) is 4.77 Å². The second kappa shape index (κ2) is 8.50. The Kier molecular flexibility index (Phi) is 5.64. The monoisotopic (exact) mass is 421 g/mol. The number of hydrogen-bond donors (Lipinski definition) is 2. The highest BCUT2D eigenvalue weighted by Crippen LogP contribution is 2.33. The van der Waals surface area contributed by atoms with Gasteiger partial charge >= 0.3 is 0 Å². The van der Waals surface area contributed by atoms with Crippen LogP contribution in [-0.2, 0) is 13.5 Å². The molecule has 1 amide bonds. The van der Waals surface area contributed by atoms with Gasteiger partial charge in [0, 0.05) is 31.1 Å². The summed E-state index contributed by atoms with van der Waals surface area (Å²) in [6, 6.07) is 19.7. The van der Waals surface area contributed by atoms with Gasteiger partial charge < -0.3 is 9.88 Å². The molecule has 2 aromatic heterocycles. The van der Waals surface area contributed by atoms with E-state index in [1.54, 1.807) is 4.57 Å². The normalized spacial score (nSPS) is 10.8. The molecule has 0 saturated carbocycles. The Bertz CT molecular complexity index is 1180. The fourth-order valence-corrected chi connectivity index (χ4v) is 4.10. The van der Waals surface area contributed by atoms with Crippen LogP contribution >= 0.6 is 23.6 Å². The van der Waals surface area contributed by atoms with Crippen LogP contribution in [0.15, 0.2) is 60.7 Å². The summed E-state index contributed by atoms with van der Waals surface area (Å²) in [6.45, 7) is 0.457. The van der Waals surface area contributed by atoms with Crippen molar-refractivity contribution in [3.63, 3.8) is 0 Å². The average molecular weight is 422 g/mol. The number of H-pyrrole nitrogens is 1. The van der Waals surface area contributed by atoms with Crippen molar-refractivity contribution in [1.82, 2.24) is 25.1 Å². The molecule has 29 heavy (non-hydrogen) atoms. The van der Waals surface area contributed by atoms with Crippen molar-refractivity contribution in [2.45, 2.75) is 6.42 Å². The maximum Gasteiger partial charge on any atom is 0.263 e. The first-order valence-electron chi connectivity index (χ1n) is 9.13. The smallest absolute Gasteiger partial charge is 0.263 e. The van der Waals surface area contributed by atoms with E-state index in [9.17, 15) is 4.79 Å². The fraction of sp³-hybridized carbons (Fsp3) is 0.143. The Labute approximate surface area is 177 Å². The molecule has 0 atom stereocenters. The maximum absolute atomic E-state index is 13.0. The quantitative estimate of drug-likeness (QED) is 0.457. The van der Waals surface area contributed by atoms with Crippen LogP contribution in [-0.4, -0.2) is 32.2 Å². The molecule has 0 aliphatic carbocycles. The number of hydrogen-bond acceptors (Lipinski definition) is 5. The number of nitrogens with zero attached hydrogens (tertiary/aromatic N) is 3. The minimum absolute atomic E-state index is 0.139. The molecule has 6 nitrogen and oxygen atoms in total. The number of amides is 1. The third kappa shape index (κ3) is 4.18. The molecule has 2 N–H and O–H groups in total. The molecule has 8 heteroatoms. The van der Waals surface area contributed by atoms with E-state index < -0.39 is 0 Å². The number of aromatic amines is 1. The first kappa shape index (κ1) is 19.2. The zero-order valence-corrected chi connectivity index (χ0v) is 17.4. The molecule has 0 radical (unpaired) electrons. The SMILES string of the molecule is Cn1c(CCNC(=O)c2sc(-c3ccccc3)nc2-c2ccccc2)n[nH]c1=S. The van der Waals surface area contributed by atoms with Crippen LogP contribution in [0.1, 0.15) is 15.5 Å². The van der Waals surface area contributed by atoms with Gasteiger partial charge in [0.2, 0.25) is 0 Å². The van der Waals surface area contributed by atoms with Gasteiger partial charge in [-0.1, -0.05) is 60.7 Å². The van der Waals surface area contributed by atoms with E-state index in [-0.39, 0.29) is 5.91 Å². The second-order valence-electron chi connectivity index (χ2n) is 6.44. The molecule has 0 fully saturated rings. The Balaban J connectivity index is 1.59. The van der Waals surface area contributed by atoms with Gasteiger partial charge in [-0.05, 0) is 12.2 Å². The van der Waals surface area contributed by atoms with Crippen LogP contribution in [0.3, 0.4) is 0 Å². The summed E-state index contributed by atoms with van der Waals surface area (Å²) in [4.78, 5) is 18.3. The summed E-state index contributed by atoms with van der Waals surface area (Å²) in [6.07, 6.45) is 0.584. The molecular weight excluding hydrogens is 402 g/mol. The number of carbonyl (C=O) groups is 1. The summed E-state index contributed by atoms with van der Waals surface area (Å²) in [5.74, 6) is 0.660. The number of nitrogens with one attached hydrogen (secondary N) is 2. The van der Waals surface area contributed by atoms with Crippen LogP contribution < -0.4 is 5.32 Å². The molecule has 2 heterocycles. The minimum Gasteiger partial charge on any atom is -0.351 e. The summed E-state index contributed by atoms with van der Waals surface area (Å²) in [7, 11) is 1.85. The van der Waals surface area contributed by atoms with Gasteiger partial charge in [0.25, 0.3) is 5.91 Å². The van der Waals surface area contributed by atoms with Crippen molar-refractivity contribution >= 4 is 29.5 Å². The van der Waals surface area contributed by atoms with Gasteiger partial charge in [-0.3, -0.25) is 9.89 Å². The Morgan fingerprint density at radius 2 is 1.76 bits per heavy atom. The molecule has 4 rings (SSSR count). The molecule has 146 valence electrons. The van der Waals surface area contributed by atoms with Gasteiger partial charge in [-0.2, -0.15) is 5.10 Å². The predicted octanol–water partition coefficient (Wildman–Crippen LogP) is 4.24. The molecule has 0 bridgehead atoms. The van der Waals surface area contributed by atoms with Crippen LogP contribution in [0.5, 0.6) is 0 Å². The molecular formula is C21H19N5OS2. The number of aromatic nitrogens is 4. The molecule has 0 aliphatic heterocycles. The zero-order valence-electron chi connectivity index (χ0n) is 15.8. The number of thiazole rings is 1. The number of carbonyl (C=O) groups excluding carboxylic acids is 1. The molecule has 4 aromatic rings. The molecule has 2 aromatic carbocycles. The topological polar surface area (TPSA) is 75.6 Å². The lowest BCUT2D eigenvalue weighted by Gasteiger charge is -2.05. The van der Waals surface area contributed by atoms with Crippen molar-refractivity contribution in [2.24, 2.45) is 7.05 Å². The van der Waals surface area contributed by atoms with Crippen LogP contribution in [0.4, 0.5) is 0 Å². The van der Waals surface area contributed by atoms with Crippen molar-refractivity contribution in [1.29, 1.82) is 0 Å². The van der Waals surface area contributed by atoms with Crippen molar-refractivity contribution in [3.05, 3.63) is 76.1 Å². The van der Waals surface area contributed by atoms with Crippen molar-refractivity contribution in [2.75, 3.05) is 6.54 Å². The standard InChI is InChI=1S/C21H19N5OS2/c1-26-16(24-25-21(26)28)12-13-22-19(27)18-17(14-8-4-2-5-9-14)23-20(29-18)15-10-6-3-7-11-15/h2-11H,12-13H2,1H3,(H,22,27)(H,25,28). The van der Waals surface area contributed by atoms with Crippen molar-refractivity contribution in [3.8, 4) is 21.8 Å². The summed E-state index contributed by atoms with van der Waals surface area (Å²) < 4.78 is 2.37. The molecule has 0 aliphatic rings. The highest BCUT2D eigenvalue weighted by molar-refractivity contribution is 7.71. The van der Waals surface area contributed by atoms with E-state index in [1.165, 1.54) is 11.3 Å². The highest BCUT2D eigenvalue weighted by atomic mass is 32.1.